The van der Waals surface area contributed by atoms with Gasteiger partial charge in [0.15, 0.2) is 0 Å². The molecule has 0 aliphatic heterocycles. The van der Waals surface area contributed by atoms with Crippen molar-refractivity contribution in [3.63, 3.8) is 0 Å². The summed E-state index contributed by atoms with van der Waals surface area (Å²) in [5, 5.41) is 11.4. The summed E-state index contributed by atoms with van der Waals surface area (Å²) in [5.74, 6) is 1.19. The SMILES string of the molecule is C#CCN(CC(=O)O)C(=O)NC1CC=CC1. The molecular weight excluding hydrogens is 208 g/mol. The highest BCUT2D eigenvalue weighted by Gasteiger charge is 2.19. The van der Waals surface area contributed by atoms with E-state index in [2.05, 4.69) is 11.2 Å². The molecule has 1 aliphatic rings. The van der Waals surface area contributed by atoms with Gasteiger partial charge in [0.25, 0.3) is 0 Å². The molecule has 0 radical (unpaired) electrons. The summed E-state index contributed by atoms with van der Waals surface area (Å²) in [6.45, 7) is -0.380. The fourth-order valence-electron chi connectivity index (χ4n) is 1.47. The highest BCUT2D eigenvalue weighted by molar-refractivity contribution is 5.80. The average molecular weight is 222 g/mol. The van der Waals surface area contributed by atoms with E-state index in [-0.39, 0.29) is 19.1 Å². The van der Waals surface area contributed by atoms with Gasteiger partial charge < -0.3 is 15.3 Å². The molecule has 0 heterocycles. The normalized spacial score (nSPS) is 14.4. The molecule has 0 fully saturated rings. The summed E-state index contributed by atoms with van der Waals surface area (Å²) < 4.78 is 0. The molecule has 86 valence electrons. The molecule has 16 heavy (non-hydrogen) atoms. The van der Waals surface area contributed by atoms with Crippen LogP contribution in [0.1, 0.15) is 12.8 Å². The Balaban J connectivity index is 2.46. The maximum Gasteiger partial charge on any atom is 0.323 e. The van der Waals surface area contributed by atoms with E-state index in [1.54, 1.807) is 0 Å². The average Bonchev–Trinajstić information content (AvgIpc) is 2.69. The summed E-state index contributed by atoms with van der Waals surface area (Å²) in [6, 6.07) is -0.365. The minimum Gasteiger partial charge on any atom is -0.480 e. The van der Waals surface area contributed by atoms with Crippen molar-refractivity contribution in [1.82, 2.24) is 10.2 Å². The van der Waals surface area contributed by atoms with E-state index < -0.39 is 12.0 Å². The van der Waals surface area contributed by atoms with E-state index in [0.717, 1.165) is 17.7 Å². The zero-order chi connectivity index (χ0) is 12.0. The van der Waals surface area contributed by atoms with Gasteiger partial charge in [-0.3, -0.25) is 4.79 Å². The first-order valence-corrected chi connectivity index (χ1v) is 4.99. The first kappa shape index (κ1) is 12.1. The van der Waals surface area contributed by atoms with Gasteiger partial charge in [-0.2, -0.15) is 0 Å². The maximum atomic E-state index is 11.7. The quantitative estimate of drug-likeness (QED) is 0.535. The van der Waals surface area contributed by atoms with Crippen LogP contribution >= 0.6 is 0 Å². The molecule has 2 N–H and O–H groups in total. The molecule has 0 unspecified atom stereocenters. The number of urea groups is 1. The number of hydrogen-bond acceptors (Lipinski definition) is 2. The first-order valence-electron chi connectivity index (χ1n) is 4.99. The van der Waals surface area contributed by atoms with E-state index in [0.29, 0.717) is 0 Å². The van der Waals surface area contributed by atoms with Crippen molar-refractivity contribution in [2.24, 2.45) is 0 Å². The fourth-order valence-corrected chi connectivity index (χ4v) is 1.47. The Morgan fingerprint density at radius 2 is 2.12 bits per heavy atom. The third-order valence-corrected chi connectivity index (χ3v) is 2.23. The molecule has 5 nitrogen and oxygen atoms in total. The summed E-state index contributed by atoms with van der Waals surface area (Å²) in [7, 11) is 0. The predicted octanol–water partition coefficient (Wildman–Crippen LogP) is 0.434. The summed E-state index contributed by atoms with van der Waals surface area (Å²) in [5.41, 5.74) is 0. The van der Waals surface area contributed by atoms with Crippen LogP contribution in [0.3, 0.4) is 0 Å². The molecule has 0 atom stereocenters. The van der Waals surface area contributed by atoms with Crippen molar-refractivity contribution < 1.29 is 14.7 Å². The number of carbonyl (C=O) groups excluding carboxylic acids is 1. The molecule has 0 saturated carbocycles. The lowest BCUT2D eigenvalue weighted by Crippen LogP contribution is -2.46. The Bertz CT molecular complexity index is 336. The summed E-state index contributed by atoms with van der Waals surface area (Å²) in [4.78, 5) is 23.3. The van der Waals surface area contributed by atoms with Crippen LogP contribution in [-0.4, -0.2) is 41.1 Å². The Hall–Kier alpha value is -1.96. The van der Waals surface area contributed by atoms with Gasteiger partial charge in [0, 0.05) is 6.04 Å². The smallest absolute Gasteiger partial charge is 0.323 e. The van der Waals surface area contributed by atoms with Gasteiger partial charge >= 0.3 is 12.0 Å². The van der Waals surface area contributed by atoms with Crippen LogP contribution in [-0.2, 0) is 4.79 Å². The lowest BCUT2D eigenvalue weighted by molar-refractivity contribution is -0.137. The standard InChI is InChI=1S/C11H14N2O3/c1-2-7-13(8-10(14)15)11(16)12-9-5-3-4-6-9/h1,3-4,9H,5-8H2,(H,12,16)(H,14,15). The third kappa shape index (κ3) is 3.65. The highest BCUT2D eigenvalue weighted by atomic mass is 16.4. The number of amides is 2. The van der Waals surface area contributed by atoms with Crippen LogP contribution in [0, 0.1) is 12.3 Å². The van der Waals surface area contributed by atoms with Gasteiger partial charge in [-0.05, 0) is 12.8 Å². The Morgan fingerprint density at radius 1 is 1.50 bits per heavy atom. The number of terminal acetylenes is 1. The highest BCUT2D eigenvalue weighted by Crippen LogP contribution is 2.09. The second-order valence-electron chi connectivity index (χ2n) is 3.54. The lowest BCUT2D eigenvalue weighted by atomic mass is 10.2. The molecule has 0 spiro atoms. The zero-order valence-corrected chi connectivity index (χ0v) is 8.85. The molecule has 1 rings (SSSR count). The van der Waals surface area contributed by atoms with Gasteiger partial charge in [0.05, 0.1) is 6.54 Å². The Labute approximate surface area is 94.1 Å². The summed E-state index contributed by atoms with van der Waals surface area (Å²) in [6.07, 6.45) is 10.6. The van der Waals surface area contributed by atoms with E-state index >= 15 is 0 Å². The molecular formula is C11H14N2O3. The first-order chi connectivity index (χ1) is 7.63. The molecule has 0 bridgehead atoms. The van der Waals surface area contributed by atoms with Gasteiger partial charge in [-0.15, -0.1) is 6.42 Å². The van der Waals surface area contributed by atoms with Gasteiger partial charge in [-0.25, -0.2) is 4.79 Å². The summed E-state index contributed by atoms with van der Waals surface area (Å²) >= 11 is 0. The minimum absolute atomic E-state index is 0.00170. The van der Waals surface area contributed by atoms with Crippen LogP contribution in [0.5, 0.6) is 0 Å². The minimum atomic E-state index is -1.07. The predicted molar refractivity (Wildman–Crippen MR) is 58.7 cm³/mol. The van der Waals surface area contributed by atoms with Crippen molar-refractivity contribution in [3.05, 3.63) is 12.2 Å². The van der Waals surface area contributed by atoms with Crippen molar-refractivity contribution in [3.8, 4) is 12.3 Å². The Kier molecular flexibility index (Phi) is 4.40. The number of carboxylic acids is 1. The van der Waals surface area contributed by atoms with Crippen molar-refractivity contribution in [1.29, 1.82) is 0 Å². The second kappa shape index (κ2) is 5.81. The number of carboxylic acid groups (broad SMARTS) is 1. The number of hydrogen-bond donors (Lipinski definition) is 2. The molecule has 0 aromatic carbocycles. The largest absolute Gasteiger partial charge is 0.480 e. The van der Waals surface area contributed by atoms with Crippen molar-refractivity contribution in [2.45, 2.75) is 18.9 Å². The lowest BCUT2D eigenvalue weighted by Gasteiger charge is -2.21. The molecule has 1 aliphatic carbocycles. The number of carbonyl (C=O) groups is 2. The van der Waals surface area contributed by atoms with Crippen molar-refractivity contribution >= 4 is 12.0 Å². The van der Waals surface area contributed by atoms with Crippen LogP contribution < -0.4 is 5.32 Å². The van der Waals surface area contributed by atoms with Crippen LogP contribution in [0.2, 0.25) is 0 Å². The third-order valence-electron chi connectivity index (χ3n) is 2.23. The van der Waals surface area contributed by atoms with Crippen LogP contribution in [0.15, 0.2) is 12.2 Å². The van der Waals surface area contributed by atoms with Crippen LogP contribution in [0.4, 0.5) is 4.79 Å². The molecule has 2 amide bonds. The molecule has 0 aromatic heterocycles. The number of aliphatic carboxylic acids is 1. The van der Waals surface area contributed by atoms with Gasteiger partial charge in [0.2, 0.25) is 0 Å². The molecule has 5 heteroatoms. The fraction of sp³-hybridized carbons (Fsp3) is 0.455. The van der Waals surface area contributed by atoms with E-state index in [1.165, 1.54) is 0 Å². The van der Waals surface area contributed by atoms with Gasteiger partial charge in [-0.1, -0.05) is 18.1 Å². The molecule has 0 saturated heterocycles. The number of nitrogens with zero attached hydrogens (tertiary/aromatic N) is 1. The van der Waals surface area contributed by atoms with Crippen LogP contribution in [0.25, 0.3) is 0 Å². The monoisotopic (exact) mass is 222 g/mol. The van der Waals surface area contributed by atoms with E-state index in [4.69, 9.17) is 11.5 Å². The van der Waals surface area contributed by atoms with E-state index in [1.807, 2.05) is 12.2 Å². The van der Waals surface area contributed by atoms with E-state index in [9.17, 15) is 9.59 Å². The number of nitrogens with one attached hydrogen (secondary N) is 1. The zero-order valence-electron chi connectivity index (χ0n) is 8.85. The number of rotatable bonds is 4. The topological polar surface area (TPSA) is 69.6 Å². The maximum absolute atomic E-state index is 11.7. The second-order valence-corrected chi connectivity index (χ2v) is 3.54. The Morgan fingerprint density at radius 3 is 2.62 bits per heavy atom. The van der Waals surface area contributed by atoms with Crippen molar-refractivity contribution in [2.75, 3.05) is 13.1 Å². The molecule has 0 aromatic rings. The van der Waals surface area contributed by atoms with Gasteiger partial charge in [0.1, 0.15) is 6.54 Å².